The Kier molecular flexibility index (Phi) is 3.28. The first-order valence-corrected chi connectivity index (χ1v) is 6.27. The zero-order valence-electron chi connectivity index (χ0n) is 10.8. The Morgan fingerprint density at radius 2 is 1.60 bits per heavy atom. The van der Waals surface area contributed by atoms with Crippen LogP contribution in [0.15, 0.2) is 24.8 Å². The van der Waals surface area contributed by atoms with Crippen molar-refractivity contribution in [2.45, 2.75) is 0 Å². The van der Waals surface area contributed by atoms with Gasteiger partial charge >= 0.3 is 0 Å². The third-order valence-electron chi connectivity index (χ3n) is 3.21. The molecule has 8 heteroatoms. The number of hydrogen-bond acceptors (Lipinski definition) is 7. The van der Waals surface area contributed by atoms with Crippen molar-refractivity contribution in [1.29, 1.82) is 0 Å². The maximum absolute atomic E-state index is 13.1. The number of hydrogen-bond donors (Lipinski definition) is 1. The van der Waals surface area contributed by atoms with Crippen LogP contribution < -0.4 is 15.5 Å². The molecule has 0 atom stereocenters. The van der Waals surface area contributed by atoms with Crippen LogP contribution in [-0.4, -0.2) is 46.1 Å². The van der Waals surface area contributed by atoms with Gasteiger partial charge in [0, 0.05) is 32.2 Å². The number of nitrogens with zero attached hydrogens (tertiary/aromatic N) is 6. The predicted molar refractivity (Wildman–Crippen MR) is 72.9 cm³/mol. The van der Waals surface area contributed by atoms with E-state index in [9.17, 15) is 4.39 Å². The SMILES string of the molecule is Nc1cnc(N2CCN(c3cc(F)ncn3)CC2)cn1. The van der Waals surface area contributed by atoms with Gasteiger partial charge in [-0.3, -0.25) is 0 Å². The van der Waals surface area contributed by atoms with Gasteiger partial charge in [-0.25, -0.2) is 19.9 Å². The average molecular weight is 275 g/mol. The molecule has 0 aliphatic carbocycles. The van der Waals surface area contributed by atoms with Crippen LogP contribution in [0, 0.1) is 5.95 Å². The standard InChI is InChI=1S/C12H14FN7/c13-9-5-11(18-8-17-9)19-1-3-20(4-2-19)12-7-15-10(14)6-16-12/h5-8H,1-4H2,(H2,14,15). The molecule has 0 unspecified atom stereocenters. The Morgan fingerprint density at radius 3 is 2.20 bits per heavy atom. The molecule has 20 heavy (non-hydrogen) atoms. The van der Waals surface area contributed by atoms with Gasteiger partial charge in [0.2, 0.25) is 5.95 Å². The summed E-state index contributed by atoms with van der Waals surface area (Å²) >= 11 is 0. The number of piperazine rings is 1. The lowest BCUT2D eigenvalue weighted by molar-refractivity contribution is 0.574. The highest BCUT2D eigenvalue weighted by Gasteiger charge is 2.19. The van der Waals surface area contributed by atoms with Crippen molar-refractivity contribution in [3.63, 3.8) is 0 Å². The molecule has 1 saturated heterocycles. The Morgan fingerprint density at radius 1 is 0.900 bits per heavy atom. The molecule has 2 aromatic heterocycles. The summed E-state index contributed by atoms with van der Waals surface area (Å²) in [6, 6.07) is 1.35. The fourth-order valence-electron chi connectivity index (χ4n) is 2.16. The highest BCUT2D eigenvalue weighted by atomic mass is 19.1. The maximum atomic E-state index is 13.1. The number of nitrogen functional groups attached to an aromatic ring is 1. The summed E-state index contributed by atoms with van der Waals surface area (Å²) in [5, 5.41) is 0. The van der Waals surface area contributed by atoms with Crippen LogP contribution >= 0.6 is 0 Å². The minimum Gasteiger partial charge on any atom is -0.382 e. The van der Waals surface area contributed by atoms with E-state index in [-0.39, 0.29) is 0 Å². The van der Waals surface area contributed by atoms with Crippen molar-refractivity contribution in [2.24, 2.45) is 0 Å². The van der Waals surface area contributed by atoms with Gasteiger partial charge in [0.15, 0.2) is 0 Å². The van der Waals surface area contributed by atoms with E-state index in [0.717, 1.165) is 32.0 Å². The maximum Gasteiger partial charge on any atom is 0.218 e. The van der Waals surface area contributed by atoms with E-state index in [1.807, 2.05) is 4.90 Å². The Bertz CT molecular complexity index is 581. The summed E-state index contributed by atoms with van der Waals surface area (Å²) in [6.07, 6.45) is 4.44. The molecular formula is C12H14FN7. The first-order valence-electron chi connectivity index (χ1n) is 6.27. The van der Waals surface area contributed by atoms with Gasteiger partial charge in [0.25, 0.3) is 0 Å². The largest absolute Gasteiger partial charge is 0.382 e. The zero-order chi connectivity index (χ0) is 13.9. The van der Waals surface area contributed by atoms with Crippen molar-refractivity contribution in [1.82, 2.24) is 19.9 Å². The van der Waals surface area contributed by atoms with Crippen molar-refractivity contribution >= 4 is 17.5 Å². The third-order valence-corrected chi connectivity index (χ3v) is 3.21. The molecule has 0 radical (unpaired) electrons. The van der Waals surface area contributed by atoms with Crippen LogP contribution in [0.2, 0.25) is 0 Å². The van der Waals surface area contributed by atoms with Crippen LogP contribution in [0.3, 0.4) is 0 Å². The zero-order valence-corrected chi connectivity index (χ0v) is 10.8. The lowest BCUT2D eigenvalue weighted by atomic mass is 10.3. The Labute approximate surface area is 115 Å². The smallest absolute Gasteiger partial charge is 0.218 e. The summed E-state index contributed by atoms with van der Waals surface area (Å²) < 4.78 is 13.1. The van der Waals surface area contributed by atoms with Gasteiger partial charge in [0.05, 0.1) is 12.4 Å². The van der Waals surface area contributed by atoms with E-state index < -0.39 is 5.95 Å². The molecule has 0 spiro atoms. The molecule has 1 aliphatic heterocycles. The monoisotopic (exact) mass is 275 g/mol. The van der Waals surface area contributed by atoms with Crippen LogP contribution in [0.25, 0.3) is 0 Å². The Balaban J connectivity index is 1.66. The molecule has 3 heterocycles. The second-order valence-corrected chi connectivity index (χ2v) is 4.47. The second-order valence-electron chi connectivity index (χ2n) is 4.47. The summed E-state index contributed by atoms with van der Waals surface area (Å²) in [5.74, 6) is 1.30. The number of halogens is 1. The van der Waals surface area contributed by atoms with Crippen molar-refractivity contribution in [3.05, 3.63) is 30.7 Å². The van der Waals surface area contributed by atoms with Gasteiger partial charge < -0.3 is 15.5 Å². The quantitative estimate of drug-likeness (QED) is 0.790. The van der Waals surface area contributed by atoms with Crippen LogP contribution in [0.1, 0.15) is 0 Å². The lowest BCUT2D eigenvalue weighted by Gasteiger charge is -2.35. The minimum absolute atomic E-state index is 0.406. The minimum atomic E-state index is -0.512. The second kappa shape index (κ2) is 5.24. The molecule has 7 nitrogen and oxygen atoms in total. The van der Waals surface area contributed by atoms with Crippen molar-refractivity contribution in [3.8, 4) is 0 Å². The fraction of sp³-hybridized carbons (Fsp3) is 0.333. The number of anilines is 3. The van der Waals surface area contributed by atoms with E-state index in [0.29, 0.717) is 11.6 Å². The molecule has 0 aromatic carbocycles. The highest BCUT2D eigenvalue weighted by molar-refractivity contribution is 5.44. The van der Waals surface area contributed by atoms with Gasteiger partial charge in [-0.05, 0) is 0 Å². The Hall–Kier alpha value is -2.51. The van der Waals surface area contributed by atoms with E-state index in [4.69, 9.17) is 5.73 Å². The van der Waals surface area contributed by atoms with Gasteiger partial charge in [0.1, 0.15) is 23.8 Å². The summed E-state index contributed by atoms with van der Waals surface area (Å²) in [6.45, 7) is 3.01. The number of nitrogens with two attached hydrogens (primary N) is 1. The van der Waals surface area contributed by atoms with Crippen LogP contribution in [0.4, 0.5) is 21.8 Å². The molecule has 0 amide bonds. The molecular weight excluding hydrogens is 261 g/mol. The van der Waals surface area contributed by atoms with E-state index in [1.165, 1.54) is 12.4 Å². The van der Waals surface area contributed by atoms with Crippen molar-refractivity contribution in [2.75, 3.05) is 41.7 Å². The predicted octanol–water partition coefficient (Wildman–Crippen LogP) is 0.314. The van der Waals surface area contributed by atoms with Crippen molar-refractivity contribution < 1.29 is 4.39 Å². The summed E-state index contributed by atoms with van der Waals surface area (Å²) in [7, 11) is 0. The van der Waals surface area contributed by atoms with E-state index in [2.05, 4.69) is 24.8 Å². The average Bonchev–Trinajstić information content (AvgIpc) is 2.48. The summed E-state index contributed by atoms with van der Waals surface area (Å²) in [5.41, 5.74) is 5.52. The lowest BCUT2D eigenvalue weighted by Crippen LogP contribution is -2.47. The van der Waals surface area contributed by atoms with Crippen LogP contribution in [-0.2, 0) is 0 Å². The molecule has 0 saturated carbocycles. The van der Waals surface area contributed by atoms with Gasteiger partial charge in [-0.2, -0.15) is 4.39 Å². The van der Waals surface area contributed by atoms with E-state index in [1.54, 1.807) is 12.4 Å². The first kappa shape index (κ1) is 12.5. The van der Waals surface area contributed by atoms with Gasteiger partial charge in [-0.1, -0.05) is 0 Å². The molecule has 2 aromatic rings. The normalized spacial score (nSPS) is 15.4. The molecule has 1 fully saturated rings. The highest BCUT2D eigenvalue weighted by Crippen LogP contribution is 2.17. The topological polar surface area (TPSA) is 84.1 Å². The van der Waals surface area contributed by atoms with Crippen LogP contribution in [0.5, 0.6) is 0 Å². The molecule has 3 rings (SSSR count). The van der Waals surface area contributed by atoms with E-state index >= 15 is 0 Å². The number of aromatic nitrogens is 4. The van der Waals surface area contributed by atoms with Gasteiger partial charge in [-0.15, -0.1) is 0 Å². The first-order chi connectivity index (χ1) is 9.72. The fourth-order valence-corrected chi connectivity index (χ4v) is 2.16. The number of rotatable bonds is 2. The molecule has 0 bridgehead atoms. The third kappa shape index (κ3) is 2.58. The molecule has 2 N–H and O–H groups in total. The molecule has 1 aliphatic rings. The summed E-state index contributed by atoms with van der Waals surface area (Å²) in [4.78, 5) is 20.0. The molecule has 104 valence electrons.